The molecule has 0 radical (unpaired) electrons. The van der Waals surface area contributed by atoms with Crippen molar-refractivity contribution in [3.05, 3.63) is 0 Å². The van der Waals surface area contributed by atoms with Crippen LogP contribution in [0, 0.1) is 0 Å². The minimum absolute atomic E-state index is 0.115. The molecule has 0 saturated carbocycles. The molecule has 0 bridgehead atoms. The van der Waals surface area contributed by atoms with Crippen LogP contribution in [0.2, 0.25) is 0 Å². The molecule has 0 fully saturated rings. The summed E-state index contributed by atoms with van der Waals surface area (Å²) in [5, 5.41) is 0. The van der Waals surface area contributed by atoms with Gasteiger partial charge >= 0.3 is 5.97 Å². The van der Waals surface area contributed by atoms with E-state index in [9.17, 15) is 4.79 Å². The van der Waals surface area contributed by atoms with Crippen molar-refractivity contribution in [3.63, 3.8) is 0 Å². The maximum Gasteiger partial charge on any atom is 0.305 e. The summed E-state index contributed by atoms with van der Waals surface area (Å²) in [4.78, 5) is 11.5. The van der Waals surface area contributed by atoms with Gasteiger partial charge in [0, 0.05) is 13.0 Å². The van der Waals surface area contributed by atoms with Gasteiger partial charge in [0.05, 0.1) is 33.0 Å². The molecular weight excluding hydrogens is 320 g/mol. The van der Waals surface area contributed by atoms with E-state index in [0.29, 0.717) is 46.1 Å². The van der Waals surface area contributed by atoms with Crippen molar-refractivity contribution in [2.24, 2.45) is 0 Å². The summed E-state index contributed by atoms with van der Waals surface area (Å²) in [7, 11) is 0. The third-order valence-electron chi connectivity index (χ3n) is 3.86. The van der Waals surface area contributed by atoms with Gasteiger partial charge in [-0.1, -0.05) is 58.8 Å². The molecular formula is C20H40O5. The molecule has 0 aromatic rings. The van der Waals surface area contributed by atoms with Gasteiger partial charge < -0.3 is 18.9 Å². The Hall–Kier alpha value is -0.650. The van der Waals surface area contributed by atoms with E-state index in [1.54, 1.807) is 0 Å². The van der Waals surface area contributed by atoms with Crippen molar-refractivity contribution < 1.29 is 23.7 Å². The SMILES string of the molecule is CCCCCCCCC(=O)OCCOCCOCCOCCCCC. The van der Waals surface area contributed by atoms with E-state index in [-0.39, 0.29) is 5.97 Å². The molecule has 25 heavy (non-hydrogen) atoms. The highest BCUT2D eigenvalue weighted by Gasteiger charge is 2.02. The summed E-state index contributed by atoms with van der Waals surface area (Å²) in [5.41, 5.74) is 0. The van der Waals surface area contributed by atoms with Crippen molar-refractivity contribution in [1.82, 2.24) is 0 Å². The molecule has 0 unspecified atom stereocenters. The Morgan fingerprint density at radius 1 is 0.560 bits per heavy atom. The molecule has 0 aliphatic heterocycles. The van der Waals surface area contributed by atoms with Crippen LogP contribution in [-0.4, -0.2) is 52.2 Å². The molecule has 150 valence electrons. The van der Waals surface area contributed by atoms with Crippen molar-refractivity contribution in [2.45, 2.75) is 78.1 Å². The number of rotatable bonds is 20. The smallest absolute Gasteiger partial charge is 0.305 e. The van der Waals surface area contributed by atoms with E-state index in [2.05, 4.69) is 13.8 Å². The molecule has 0 aromatic carbocycles. The zero-order valence-corrected chi connectivity index (χ0v) is 16.6. The van der Waals surface area contributed by atoms with Crippen LogP contribution in [0.4, 0.5) is 0 Å². The monoisotopic (exact) mass is 360 g/mol. The van der Waals surface area contributed by atoms with Crippen molar-refractivity contribution in [3.8, 4) is 0 Å². The van der Waals surface area contributed by atoms with Crippen LogP contribution in [0.5, 0.6) is 0 Å². The lowest BCUT2D eigenvalue weighted by Gasteiger charge is -2.07. The number of unbranched alkanes of at least 4 members (excludes halogenated alkanes) is 7. The maximum absolute atomic E-state index is 11.5. The highest BCUT2D eigenvalue weighted by atomic mass is 16.6. The summed E-state index contributed by atoms with van der Waals surface area (Å²) in [5.74, 6) is -0.115. The van der Waals surface area contributed by atoms with Crippen LogP contribution in [0.15, 0.2) is 0 Å². The number of carbonyl (C=O) groups is 1. The second kappa shape index (κ2) is 21.4. The molecule has 0 N–H and O–H groups in total. The van der Waals surface area contributed by atoms with Gasteiger partial charge in [-0.2, -0.15) is 0 Å². The lowest BCUT2D eigenvalue weighted by atomic mass is 10.1. The first-order chi connectivity index (χ1) is 12.3. The number of carbonyl (C=O) groups excluding carboxylic acids is 1. The molecule has 5 heteroatoms. The lowest BCUT2D eigenvalue weighted by Crippen LogP contribution is -2.14. The number of ether oxygens (including phenoxy) is 4. The standard InChI is InChI=1S/C20H40O5/c1-3-5-7-8-9-10-12-20(21)25-19-18-24-17-16-23-15-14-22-13-11-6-4-2/h3-19H2,1-2H3. The molecule has 0 aromatic heterocycles. The summed E-state index contributed by atoms with van der Waals surface area (Å²) >= 11 is 0. The van der Waals surface area contributed by atoms with Crippen molar-refractivity contribution in [1.29, 1.82) is 0 Å². The average molecular weight is 361 g/mol. The van der Waals surface area contributed by atoms with E-state index >= 15 is 0 Å². The van der Waals surface area contributed by atoms with Crippen LogP contribution < -0.4 is 0 Å². The normalized spacial score (nSPS) is 11.0. The minimum Gasteiger partial charge on any atom is -0.463 e. The van der Waals surface area contributed by atoms with E-state index in [1.807, 2.05) is 0 Å². The van der Waals surface area contributed by atoms with Crippen LogP contribution in [-0.2, 0) is 23.7 Å². The topological polar surface area (TPSA) is 54.0 Å². The fraction of sp³-hybridized carbons (Fsp3) is 0.950. The minimum atomic E-state index is -0.115. The molecule has 0 saturated heterocycles. The Balaban J connectivity index is 3.11. The van der Waals surface area contributed by atoms with Gasteiger partial charge in [-0.15, -0.1) is 0 Å². The van der Waals surface area contributed by atoms with Gasteiger partial charge in [0.1, 0.15) is 6.61 Å². The first-order valence-corrected chi connectivity index (χ1v) is 10.2. The molecule has 0 atom stereocenters. The third kappa shape index (κ3) is 21.3. The van der Waals surface area contributed by atoms with Crippen LogP contribution >= 0.6 is 0 Å². The average Bonchev–Trinajstić information content (AvgIpc) is 2.62. The highest BCUT2D eigenvalue weighted by Crippen LogP contribution is 2.07. The molecule has 0 spiro atoms. The van der Waals surface area contributed by atoms with E-state index in [0.717, 1.165) is 25.9 Å². The summed E-state index contributed by atoms with van der Waals surface area (Å²) in [6.07, 6.45) is 11.1. The van der Waals surface area contributed by atoms with Gasteiger partial charge in [-0.25, -0.2) is 0 Å². The fourth-order valence-corrected chi connectivity index (χ4v) is 2.33. The molecule has 0 rings (SSSR count). The summed E-state index contributed by atoms with van der Waals surface area (Å²) in [6.45, 7) is 8.26. The number of hydrogen-bond donors (Lipinski definition) is 0. The van der Waals surface area contributed by atoms with Crippen molar-refractivity contribution >= 4 is 5.97 Å². The first kappa shape index (κ1) is 24.4. The molecule has 5 nitrogen and oxygen atoms in total. The largest absolute Gasteiger partial charge is 0.463 e. The van der Waals surface area contributed by atoms with Crippen LogP contribution in [0.1, 0.15) is 78.1 Å². The Morgan fingerprint density at radius 3 is 1.68 bits per heavy atom. The zero-order chi connectivity index (χ0) is 18.4. The predicted octanol–water partition coefficient (Wildman–Crippen LogP) is 4.52. The number of esters is 1. The summed E-state index contributed by atoms with van der Waals surface area (Å²) < 4.78 is 21.4. The number of hydrogen-bond acceptors (Lipinski definition) is 5. The molecule has 0 aliphatic carbocycles. The van der Waals surface area contributed by atoms with Crippen LogP contribution in [0.25, 0.3) is 0 Å². The molecule has 0 heterocycles. The second-order valence-electron chi connectivity index (χ2n) is 6.28. The maximum atomic E-state index is 11.5. The second-order valence-corrected chi connectivity index (χ2v) is 6.28. The third-order valence-corrected chi connectivity index (χ3v) is 3.86. The Morgan fingerprint density at radius 2 is 1.04 bits per heavy atom. The lowest BCUT2D eigenvalue weighted by molar-refractivity contribution is -0.145. The fourth-order valence-electron chi connectivity index (χ4n) is 2.33. The van der Waals surface area contributed by atoms with Gasteiger partial charge in [0.2, 0.25) is 0 Å². The zero-order valence-electron chi connectivity index (χ0n) is 16.6. The Labute approximate surface area is 154 Å². The van der Waals surface area contributed by atoms with Gasteiger partial charge in [-0.05, 0) is 12.8 Å². The Bertz CT molecular complexity index is 271. The first-order valence-electron chi connectivity index (χ1n) is 10.2. The van der Waals surface area contributed by atoms with Gasteiger partial charge in [-0.3, -0.25) is 4.79 Å². The van der Waals surface area contributed by atoms with E-state index in [1.165, 1.54) is 38.5 Å². The van der Waals surface area contributed by atoms with Crippen LogP contribution in [0.3, 0.4) is 0 Å². The quantitative estimate of drug-likeness (QED) is 0.236. The predicted molar refractivity (Wildman–Crippen MR) is 101 cm³/mol. The molecule has 0 aliphatic rings. The summed E-state index contributed by atoms with van der Waals surface area (Å²) in [6, 6.07) is 0. The van der Waals surface area contributed by atoms with Gasteiger partial charge in [0.15, 0.2) is 0 Å². The van der Waals surface area contributed by atoms with Gasteiger partial charge in [0.25, 0.3) is 0 Å². The van der Waals surface area contributed by atoms with Crippen molar-refractivity contribution in [2.75, 3.05) is 46.2 Å². The molecule has 0 amide bonds. The van der Waals surface area contributed by atoms with E-state index in [4.69, 9.17) is 18.9 Å². The highest BCUT2D eigenvalue weighted by molar-refractivity contribution is 5.69. The Kier molecular flexibility index (Phi) is 20.8. The van der Waals surface area contributed by atoms with E-state index < -0.39 is 0 Å².